The van der Waals surface area contributed by atoms with Crippen molar-refractivity contribution in [2.45, 2.75) is 17.6 Å². The van der Waals surface area contributed by atoms with Gasteiger partial charge >= 0.3 is 6.18 Å². The highest BCUT2D eigenvalue weighted by atomic mass is 32.2. The van der Waals surface area contributed by atoms with E-state index in [4.69, 9.17) is 4.74 Å². The topological polar surface area (TPSA) is 79.0 Å². The van der Waals surface area contributed by atoms with Crippen molar-refractivity contribution >= 4 is 21.6 Å². The molecule has 0 unspecified atom stereocenters. The minimum Gasteiger partial charge on any atom is -0.378 e. The van der Waals surface area contributed by atoms with Gasteiger partial charge < -0.3 is 15.0 Å². The summed E-state index contributed by atoms with van der Waals surface area (Å²) in [4.78, 5) is 14.9. The zero-order chi connectivity index (χ0) is 23.5. The molecule has 1 aliphatic rings. The number of benzene rings is 2. The zero-order valence-electron chi connectivity index (χ0n) is 17.6. The summed E-state index contributed by atoms with van der Waals surface area (Å²) in [6.45, 7) is 1.82. The molecule has 1 fully saturated rings. The van der Waals surface area contributed by atoms with Crippen molar-refractivity contribution in [3.8, 4) is 0 Å². The van der Waals surface area contributed by atoms with Crippen LogP contribution in [0.5, 0.6) is 0 Å². The third-order valence-electron chi connectivity index (χ3n) is 5.05. The van der Waals surface area contributed by atoms with Crippen LogP contribution in [0.1, 0.15) is 21.5 Å². The summed E-state index contributed by atoms with van der Waals surface area (Å²) in [7, 11) is -1.01. The molecule has 174 valence electrons. The Balaban J connectivity index is 1.90. The number of rotatable bonds is 6. The predicted molar refractivity (Wildman–Crippen MR) is 113 cm³/mol. The number of ether oxygens (including phenoxy) is 1. The van der Waals surface area contributed by atoms with Gasteiger partial charge in [0.1, 0.15) is 0 Å². The first-order valence-corrected chi connectivity index (χ1v) is 11.3. The van der Waals surface area contributed by atoms with E-state index in [1.807, 2.05) is 4.90 Å². The van der Waals surface area contributed by atoms with Crippen LogP contribution in [-0.2, 0) is 27.5 Å². The van der Waals surface area contributed by atoms with Crippen LogP contribution in [0.25, 0.3) is 0 Å². The highest BCUT2D eigenvalue weighted by molar-refractivity contribution is 7.89. The van der Waals surface area contributed by atoms with Gasteiger partial charge in [-0.25, -0.2) is 12.7 Å². The van der Waals surface area contributed by atoms with E-state index in [2.05, 4.69) is 5.32 Å². The number of hydrogen-bond donors (Lipinski definition) is 1. The van der Waals surface area contributed by atoms with Crippen LogP contribution < -0.4 is 10.2 Å². The van der Waals surface area contributed by atoms with Gasteiger partial charge in [0.05, 0.1) is 29.2 Å². The molecule has 1 saturated heterocycles. The molecule has 0 atom stereocenters. The van der Waals surface area contributed by atoms with Crippen molar-refractivity contribution in [3.05, 3.63) is 59.2 Å². The van der Waals surface area contributed by atoms with E-state index >= 15 is 0 Å². The SMILES string of the molecule is CN(C)S(=O)(=O)c1ccc(N2CCOCC2)c(C(=O)NCc2cccc(C(F)(F)F)c2)c1. The lowest BCUT2D eigenvalue weighted by atomic mass is 10.1. The quantitative estimate of drug-likeness (QED) is 0.701. The van der Waals surface area contributed by atoms with Crippen LogP contribution in [0.2, 0.25) is 0 Å². The molecule has 0 spiro atoms. The highest BCUT2D eigenvalue weighted by Crippen LogP contribution is 2.30. The first-order valence-electron chi connectivity index (χ1n) is 9.84. The predicted octanol–water partition coefficient (Wildman–Crippen LogP) is 2.72. The largest absolute Gasteiger partial charge is 0.416 e. The van der Waals surface area contributed by atoms with Gasteiger partial charge in [0.15, 0.2) is 0 Å². The van der Waals surface area contributed by atoms with Gasteiger partial charge in [0.25, 0.3) is 5.91 Å². The summed E-state index contributed by atoms with van der Waals surface area (Å²) in [6, 6.07) is 8.97. The van der Waals surface area contributed by atoms with Crippen LogP contribution in [0.3, 0.4) is 0 Å². The fraction of sp³-hybridized carbons (Fsp3) is 0.381. The Morgan fingerprint density at radius 2 is 1.81 bits per heavy atom. The Kier molecular flexibility index (Phi) is 7.11. The van der Waals surface area contributed by atoms with Crippen molar-refractivity contribution in [1.82, 2.24) is 9.62 Å². The average Bonchev–Trinajstić information content (AvgIpc) is 2.77. The fourth-order valence-electron chi connectivity index (χ4n) is 3.28. The molecular formula is C21H24F3N3O4S. The number of sulfonamides is 1. The number of carbonyl (C=O) groups is 1. The molecule has 1 aliphatic heterocycles. The van der Waals surface area contributed by atoms with E-state index in [1.165, 1.54) is 38.4 Å². The summed E-state index contributed by atoms with van der Waals surface area (Å²) in [5.74, 6) is -0.584. The van der Waals surface area contributed by atoms with Gasteiger partial charge in [-0.05, 0) is 35.9 Å². The second-order valence-electron chi connectivity index (χ2n) is 7.45. The first-order chi connectivity index (χ1) is 15.0. The molecule has 0 aliphatic carbocycles. The number of carbonyl (C=O) groups excluding carboxylic acids is 1. The molecule has 3 rings (SSSR count). The number of nitrogens with one attached hydrogen (secondary N) is 1. The number of morpholine rings is 1. The Morgan fingerprint density at radius 1 is 1.12 bits per heavy atom. The summed E-state index contributed by atoms with van der Waals surface area (Å²) in [5.41, 5.74) is 0.129. The van der Waals surface area contributed by atoms with Crippen LogP contribution in [0, 0.1) is 0 Å². The second-order valence-corrected chi connectivity index (χ2v) is 9.60. The average molecular weight is 472 g/mol. The standard InChI is InChI=1S/C21H24F3N3O4S/c1-26(2)32(29,30)17-6-7-19(27-8-10-31-11-9-27)18(13-17)20(28)25-14-15-4-3-5-16(12-15)21(22,23)24/h3-7,12-13H,8-11,14H2,1-2H3,(H,25,28). The van der Waals surface area contributed by atoms with Crippen LogP contribution in [0.4, 0.5) is 18.9 Å². The minimum absolute atomic E-state index is 0.0521. The van der Waals surface area contributed by atoms with Crippen LogP contribution >= 0.6 is 0 Å². The maximum absolute atomic E-state index is 13.0. The third kappa shape index (κ3) is 5.40. The molecule has 11 heteroatoms. The maximum Gasteiger partial charge on any atom is 0.416 e. The van der Waals surface area contributed by atoms with E-state index < -0.39 is 27.7 Å². The number of nitrogens with zero attached hydrogens (tertiary/aromatic N) is 2. The molecule has 2 aromatic rings. The van der Waals surface area contributed by atoms with Gasteiger partial charge in [0, 0.05) is 39.4 Å². The molecular weight excluding hydrogens is 447 g/mol. The Labute approximate surface area is 184 Å². The molecule has 7 nitrogen and oxygen atoms in total. The van der Waals surface area contributed by atoms with Gasteiger partial charge in [-0.1, -0.05) is 12.1 Å². The van der Waals surface area contributed by atoms with E-state index in [0.717, 1.165) is 16.4 Å². The number of halogens is 3. The van der Waals surface area contributed by atoms with E-state index in [1.54, 1.807) is 6.07 Å². The van der Waals surface area contributed by atoms with Crippen molar-refractivity contribution in [2.75, 3.05) is 45.3 Å². The smallest absolute Gasteiger partial charge is 0.378 e. The van der Waals surface area contributed by atoms with Gasteiger partial charge in [-0.2, -0.15) is 13.2 Å². The lowest BCUT2D eigenvalue weighted by Gasteiger charge is -2.30. The lowest BCUT2D eigenvalue weighted by Crippen LogP contribution is -2.38. The molecule has 1 N–H and O–H groups in total. The van der Waals surface area contributed by atoms with E-state index in [-0.39, 0.29) is 22.6 Å². The van der Waals surface area contributed by atoms with Crippen molar-refractivity contribution < 1.29 is 31.1 Å². The monoisotopic (exact) mass is 471 g/mol. The highest BCUT2D eigenvalue weighted by Gasteiger charge is 2.30. The molecule has 0 aromatic heterocycles. The summed E-state index contributed by atoms with van der Waals surface area (Å²) >= 11 is 0. The van der Waals surface area contributed by atoms with Gasteiger partial charge in [-0.3, -0.25) is 4.79 Å². The maximum atomic E-state index is 13.0. The Bertz CT molecular complexity index is 1080. The normalized spacial score (nSPS) is 15.1. The number of alkyl halides is 3. The number of hydrogen-bond acceptors (Lipinski definition) is 5. The first kappa shape index (κ1) is 24.0. The van der Waals surface area contributed by atoms with Crippen LogP contribution in [0.15, 0.2) is 47.4 Å². The van der Waals surface area contributed by atoms with E-state index in [0.29, 0.717) is 32.0 Å². The Morgan fingerprint density at radius 3 is 2.44 bits per heavy atom. The van der Waals surface area contributed by atoms with E-state index in [9.17, 15) is 26.4 Å². The summed E-state index contributed by atoms with van der Waals surface area (Å²) in [5, 5.41) is 2.61. The third-order valence-corrected chi connectivity index (χ3v) is 6.86. The van der Waals surface area contributed by atoms with Crippen LogP contribution in [-0.4, -0.2) is 59.0 Å². The van der Waals surface area contributed by atoms with Gasteiger partial charge in [0.2, 0.25) is 10.0 Å². The molecule has 0 radical (unpaired) electrons. The van der Waals surface area contributed by atoms with Crippen molar-refractivity contribution in [3.63, 3.8) is 0 Å². The number of anilines is 1. The second kappa shape index (κ2) is 9.47. The molecule has 1 amide bonds. The van der Waals surface area contributed by atoms with Gasteiger partial charge in [-0.15, -0.1) is 0 Å². The molecule has 2 aromatic carbocycles. The molecule has 1 heterocycles. The summed E-state index contributed by atoms with van der Waals surface area (Å²) in [6.07, 6.45) is -4.49. The van der Waals surface area contributed by atoms with Crippen molar-refractivity contribution in [1.29, 1.82) is 0 Å². The molecule has 0 bridgehead atoms. The molecule has 32 heavy (non-hydrogen) atoms. The fourth-order valence-corrected chi connectivity index (χ4v) is 4.21. The summed E-state index contributed by atoms with van der Waals surface area (Å²) < 4.78 is 70.3. The van der Waals surface area contributed by atoms with Crippen molar-refractivity contribution in [2.24, 2.45) is 0 Å². The zero-order valence-corrected chi connectivity index (χ0v) is 18.5. The Hall–Kier alpha value is -2.63. The molecule has 0 saturated carbocycles. The number of amides is 1. The minimum atomic E-state index is -4.49. The lowest BCUT2D eigenvalue weighted by molar-refractivity contribution is -0.137.